The van der Waals surface area contributed by atoms with Crippen molar-refractivity contribution in [2.45, 2.75) is 62.3 Å². The number of rotatable bonds is 4. The fourth-order valence-electron chi connectivity index (χ4n) is 4.84. The van der Waals surface area contributed by atoms with Gasteiger partial charge in [-0.1, -0.05) is 6.42 Å². The second kappa shape index (κ2) is 5.54. The molecular weight excluding hydrogens is 290 g/mol. The molecular formula is C15H25NO4S. The first-order valence-corrected chi connectivity index (χ1v) is 9.99. The van der Waals surface area contributed by atoms with Crippen molar-refractivity contribution < 1.29 is 18.3 Å². The van der Waals surface area contributed by atoms with Crippen LogP contribution >= 0.6 is 0 Å². The molecule has 6 atom stereocenters. The van der Waals surface area contributed by atoms with Gasteiger partial charge in [-0.15, -0.1) is 0 Å². The first-order valence-electron chi connectivity index (χ1n) is 8.04. The van der Waals surface area contributed by atoms with E-state index in [1.807, 2.05) is 0 Å². The Labute approximate surface area is 126 Å². The monoisotopic (exact) mass is 315 g/mol. The predicted molar refractivity (Wildman–Crippen MR) is 79.8 cm³/mol. The predicted octanol–water partition coefficient (Wildman–Crippen LogP) is 1.43. The molecule has 3 aliphatic rings. The van der Waals surface area contributed by atoms with Crippen LogP contribution in [-0.4, -0.2) is 43.1 Å². The van der Waals surface area contributed by atoms with Gasteiger partial charge < -0.3 is 10.4 Å². The number of carbonyl (C=O) groups is 1. The smallest absolute Gasteiger partial charge is 0.308 e. The van der Waals surface area contributed by atoms with Crippen LogP contribution in [0.15, 0.2) is 0 Å². The highest BCUT2D eigenvalue weighted by Gasteiger charge is 2.51. The average Bonchev–Trinajstić information content (AvgIpc) is 2.98. The fourth-order valence-corrected chi connectivity index (χ4v) is 6.02. The van der Waals surface area contributed by atoms with Gasteiger partial charge in [0, 0.05) is 18.3 Å². The van der Waals surface area contributed by atoms with Crippen molar-refractivity contribution in [2.24, 2.45) is 17.8 Å². The molecule has 6 unspecified atom stereocenters. The first-order chi connectivity index (χ1) is 9.86. The number of aliphatic carboxylic acids is 1. The summed E-state index contributed by atoms with van der Waals surface area (Å²) in [7, 11) is -2.99. The summed E-state index contributed by atoms with van der Waals surface area (Å²) in [6.07, 6.45) is 7.76. The minimum atomic E-state index is -2.99. The standard InChI is InChI=1S/C15H25NO4S/c1-21(19,20)12-4-2-3-11(8-12)16-14-10-6-5-9(7-10)13(14)15(17)18/h9-14,16H,2-8H2,1H3,(H,17,18). The molecule has 0 radical (unpaired) electrons. The SMILES string of the molecule is CS(=O)(=O)C1CCCC(NC2C3CCC(C3)C2C(=O)O)C1. The summed E-state index contributed by atoms with van der Waals surface area (Å²) in [6.45, 7) is 0. The van der Waals surface area contributed by atoms with E-state index in [1.165, 1.54) is 6.26 Å². The summed E-state index contributed by atoms with van der Waals surface area (Å²) in [5.41, 5.74) is 0. The Balaban J connectivity index is 1.67. The molecule has 120 valence electrons. The molecule has 2 bridgehead atoms. The Morgan fingerprint density at radius 1 is 1.10 bits per heavy atom. The maximum atomic E-state index is 11.7. The van der Waals surface area contributed by atoms with Crippen LogP contribution in [0.2, 0.25) is 0 Å². The van der Waals surface area contributed by atoms with E-state index < -0.39 is 15.8 Å². The maximum Gasteiger partial charge on any atom is 0.308 e. The zero-order valence-electron chi connectivity index (χ0n) is 12.5. The highest BCUT2D eigenvalue weighted by atomic mass is 32.2. The molecule has 21 heavy (non-hydrogen) atoms. The summed E-state index contributed by atoms with van der Waals surface area (Å²) in [6, 6.07) is 0.203. The van der Waals surface area contributed by atoms with E-state index in [1.54, 1.807) is 0 Å². The quantitative estimate of drug-likeness (QED) is 0.820. The third-order valence-electron chi connectivity index (χ3n) is 5.86. The Morgan fingerprint density at radius 3 is 2.48 bits per heavy atom. The number of carboxylic acids is 1. The Hall–Kier alpha value is -0.620. The van der Waals surface area contributed by atoms with Gasteiger partial charge in [0.2, 0.25) is 0 Å². The number of sulfone groups is 1. The van der Waals surface area contributed by atoms with Crippen LogP contribution in [0.3, 0.4) is 0 Å². The van der Waals surface area contributed by atoms with Gasteiger partial charge in [0.1, 0.15) is 9.84 Å². The second-order valence-corrected chi connectivity index (χ2v) is 9.53. The van der Waals surface area contributed by atoms with Crippen LogP contribution in [0.1, 0.15) is 44.9 Å². The minimum Gasteiger partial charge on any atom is -0.481 e. The van der Waals surface area contributed by atoms with Crippen molar-refractivity contribution in [3.63, 3.8) is 0 Å². The summed E-state index contributed by atoms with van der Waals surface area (Å²) in [4.78, 5) is 11.5. The molecule has 0 aromatic heterocycles. The molecule has 0 spiro atoms. The normalized spacial score (nSPS) is 43.1. The van der Waals surface area contributed by atoms with E-state index in [0.717, 1.165) is 38.5 Å². The zero-order valence-corrected chi connectivity index (χ0v) is 13.3. The zero-order chi connectivity index (χ0) is 15.2. The van der Waals surface area contributed by atoms with Gasteiger partial charge in [-0.3, -0.25) is 4.79 Å². The molecule has 2 N–H and O–H groups in total. The second-order valence-electron chi connectivity index (χ2n) is 7.20. The summed E-state index contributed by atoms with van der Waals surface area (Å²) in [5.74, 6) is -0.175. The molecule has 3 aliphatic carbocycles. The van der Waals surface area contributed by atoms with Crippen LogP contribution in [0.5, 0.6) is 0 Å². The molecule has 3 fully saturated rings. The van der Waals surface area contributed by atoms with Crippen molar-refractivity contribution in [1.82, 2.24) is 5.32 Å². The molecule has 3 rings (SSSR count). The first kappa shape index (κ1) is 15.3. The van der Waals surface area contributed by atoms with Crippen molar-refractivity contribution in [2.75, 3.05) is 6.26 Å². The van der Waals surface area contributed by atoms with Crippen molar-refractivity contribution in [1.29, 1.82) is 0 Å². The maximum absolute atomic E-state index is 11.7. The van der Waals surface area contributed by atoms with Gasteiger partial charge in [0.25, 0.3) is 0 Å². The van der Waals surface area contributed by atoms with E-state index in [0.29, 0.717) is 18.3 Å². The summed E-state index contributed by atoms with van der Waals surface area (Å²) < 4.78 is 23.5. The number of nitrogens with one attached hydrogen (secondary N) is 1. The topological polar surface area (TPSA) is 83.5 Å². The van der Waals surface area contributed by atoms with Crippen molar-refractivity contribution >= 4 is 15.8 Å². The van der Waals surface area contributed by atoms with Crippen LogP contribution in [-0.2, 0) is 14.6 Å². The molecule has 0 amide bonds. The number of carboxylic acid groups (broad SMARTS) is 1. The van der Waals surface area contributed by atoms with Gasteiger partial charge in [0.05, 0.1) is 11.2 Å². The van der Waals surface area contributed by atoms with Crippen LogP contribution < -0.4 is 5.32 Å². The number of hydrogen-bond donors (Lipinski definition) is 2. The van der Waals surface area contributed by atoms with Gasteiger partial charge >= 0.3 is 5.97 Å². The molecule has 5 nitrogen and oxygen atoms in total. The lowest BCUT2D eigenvalue weighted by Crippen LogP contribution is -2.50. The van der Waals surface area contributed by atoms with E-state index in [4.69, 9.17) is 0 Å². The number of fused-ring (bicyclic) bond motifs is 2. The van der Waals surface area contributed by atoms with E-state index >= 15 is 0 Å². The molecule has 0 aromatic rings. The molecule has 6 heteroatoms. The van der Waals surface area contributed by atoms with Gasteiger partial charge in [-0.2, -0.15) is 0 Å². The Kier molecular flexibility index (Phi) is 4.03. The average molecular weight is 315 g/mol. The lowest BCUT2D eigenvalue weighted by atomic mass is 9.83. The molecule has 0 aliphatic heterocycles. The third-order valence-corrected chi connectivity index (χ3v) is 7.50. The lowest BCUT2D eigenvalue weighted by molar-refractivity contribution is -0.144. The third kappa shape index (κ3) is 2.97. The molecule has 0 aromatic carbocycles. The molecule has 0 saturated heterocycles. The Bertz CT molecular complexity index is 518. The minimum absolute atomic E-state index is 0.0459. The van der Waals surface area contributed by atoms with Crippen LogP contribution in [0.4, 0.5) is 0 Å². The largest absolute Gasteiger partial charge is 0.481 e. The highest BCUT2D eigenvalue weighted by Crippen LogP contribution is 2.49. The van der Waals surface area contributed by atoms with Gasteiger partial charge in [-0.05, 0) is 50.4 Å². The van der Waals surface area contributed by atoms with Gasteiger partial charge in [-0.25, -0.2) is 8.42 Å². The summed E-state index contributed by atoms with van der Waals surface area (Å²) >= 11 is 0. The number of hydrogen-bond acceptors (Lipinski definition) is 4. The van der Waals surface area contributed by atoms with Crippen molar-refractivity contribution in [3.05, 3.63) is 0 Å². The fraction of sp³-hybridized carbons (Fsp3) is 0.933. The lowest BCUT2D eigenvalue weighted by Gasteiger charge is -2.36. The van der Waals surface area contributed by atoms with Crippen LogP contribution in [0.25, 0.3) is 0 Å². The van der Waals surface area contributed by atoms with Crippen LogP contribution in [0, 0.1) is 17.8 Å². The van der Waals surface area contributed by atoms with E-state index in [2.05, 4.69) is 5.32 Å². The van der Waals surface area contributed by atoms with Crippen molar-refractivity contribution in [3.8, 4) is 0 Å². The van der Waals surface area contributed by atoms with E-state index in [9.17, 15) is 18.3 Å². The van der Waals surface area contributed by atoms with Gasteiger partial charge in [0.15, 0.2) is 0 Å². The molecule has 0 heterocycles. The Morgan fingerprint density at radius 2 is 1.81 bits per heavy atom. The molecule has 3 saturated carbocycles. The summed E-state index contributed by atoms with van der Waals surface area (Å²) in [5, 5.41) is 12.8. The highest BCUT2D eigenvalue weighted by molar-refractivity contribution is 7.91. The van der Waals surface area contributed by atoms with E-state index in [-0.39, 0.29) is 23.3 Å².